The van der Waals surface area contributed by atoms with Gasteiger partial charge in [0.05, 0.1) is 5.39 Å². The van der Waals surface area contributed by atoms with Gasteiger partial charge < -0.3 is 4.42 Å². The van der Waals surface area contributed by atoms with E-state index in [1.165, 1.54) is 17.4 Å². The van der Waals surface area contributed by atoms with Gasteiger partial charge in [0.1, 0.15) is 10.6 Å². The molecular weight excluding hydrogens is 350 g/mol. The number of benzene rings is 1. The van der Waals surface area contributed by atoms with Crippen LogP contribution in [-0.2, 0) is 6.42 Å². The lowest BCUT2D eigenvalue weighted by Crippen LogP contribution is -2.14. The molecule has 0 saturated carbocycles. The maximum Gasteiger partial charge on any atom is 0.293 e. The van der Waals surface area contributed by atoms with Gasteiger partial charge in [-0.25, -0.2) is 0 Å². The Hall–Kier alpha value is -2.25. The summed E-state index contributed by atoms with van der Waals surface area (Å²) in [5.41, 5.74) is -0.0310. The van der Waals surface area contributed by atoms with Crippen molar-refractivity contribution in [2.45, 2.75) is 20.3 Å². The minimum absolute atomic E-state index is 0.0876. The lowest BCUT2D eigenvalue weighted by molar-refractivity contribution is 0.0997. The van der Waals surface area contributed by atoms with Crippen LogP contribution in [-0.4, -0.2) is 16.1 Å². The molecule has 0 radical (unpaired) electrons. The molecule has 2 aromatic heterocycles. The van der Waals surface area contributed by atoms with E-state index < -0.39 is 5.91 Å². The highest BCUT2D eigenvalue weighted by Gasteiger charge is 2.15. The largest absolute Gasteiger partial charge is 0.451 e. The van der Waals surface area contributed by atoms with Gasteiger partial charge in [-0.05, 0) is 24.1 Å². The number of aromatic nitrogens is 2. The summed E-state index contributed by atoms with van der Waals surface area (Å²) in [7, 11) is 0. The molecule has 2 heterocycles. The van der Waals surface area contributed by atoms with Crippen molar-refractivity contribution >= 4 is 44.9 Å². The van der Waals surface area contributed by atoms with E-state index in [1.54, 1.807) is 12.1 Å². The molecule has 8 heteroatoms. The number of anilines is 1. The molecule has 1 amide bonds. The normalized spacial score (nSPS) is 11.2. The predicted molar refractivity (Wildman–Crippen MR) is 93.9 cm³/mol. The third kappa shape index (κ3) is 3.63. The van der Waals surface area contributed by atoms with Crippen LogP contribution < -0.4 is 10.7 Å². The summed E-state index contributed by atoms with van der Waals surface area (Å²) in [5, 5.41) is 12.5. The van der Waals surface area contributed by atoms with E-state index in [9.17, 15) is 9.59 Å². The number of hydrogen-bond acceptors (Lipinski definition) is 6. The van der Waals surface area contributed by atoms with Crippen LogP contribution in [0.2, 0.25) is 5.02 Å². The summed E-state index contributed by atoms with van der Waals surface area (Å²) in [4.78, 5) is 24.4. The molecule has 0 saturated heterocycles. The number of hydrogen-bond donors (Lipinski definition) is 1. The van der Waals surface area contributed by atoms with E-state index >= 15 is 0 Å². The fourth-order valence-electron chi connectivity index (χ4n) is 2.13. The van der Waals surface area contributed by atoms with Gasteiger partial charge in [0.25, 0.3) is 5.91 Å². The van der Waals surface area contributed by atoms with Crippen molar-refractivity contribution in [1.29, 1.82) is 0 Å². The molecule has 3 rings (SSSR count). The van der Waals surface area contributed by atoms with Crippen molar-refractivity contribution in [1.82, 2.24) is 10.2 Å². The minimum atomic E-state index is -0.545. The fraction of sp³-hybridized carbons (Fsp3) is 0.250. The van der Waals surface area contributed by atoms with Gasteiger partial charge in [-0.1, -0.05) is 36.8 Å². The van der Waals surface area contributed by atoms with E-state index in [1.807, 2.05) is 0 Å². The molecule has 0 bridgehead atoms. The zero-order valence-electron chi connectivity index (χ0n) is 13.0. The number of nitrogens with one attached hydrogen (secondary N) is 1. The Morgan fingerprint density at radius 3 is 2.88 bits per heavy atom. The molecule has 0 spiro atoms. The Kier molecular flexibility index (Phi) is 4.64. The molecule has 0 fully saturated rings. The highest BCUT2D eigenvalue weighted by atomic mass is 35.5. The van der Waals surface area contributed by atoms with Crippen LogP contribution in [0.15, 0.2) is 33.5 Å². The Balaban J connectivity index is 1.85. The van der Waals surface area contributed by atoms with Gasteiger partial charge in [-0.3, -0.25) is 14.9 Å². The molecule has 3 aromatic rings. The van der Waals surface area contributed by atoms with Crippen molar-refractivity contribution < 1.29 is 9.21 Å². The second-order valence-electron chi connectivity index (χ2n) is 5.67. The van der Waals surface area contributed by atoms with Crippen LogP contribution >= 0.6 is 22.9 Å². The van der Waals surface area contributed by atoms with E-state index in [-0.39, 0.29) is 11.2 Å². The molecule has 1 N–H and O–H groups in total. The standard InChI is InChI=1S/C16H14ClN3O3S/c1-8(2)5-14-19-20-16(24-14)18-15(22)13-7-11(21)10-6-9(17)3-4-12(10)23-13/h3-4,6-8H,5H2,1-2H3,(H,18,20,22). The third-order valence-electron chi connectivity index (χ3n) is 3.18. The van der Waals surface area contributed by atoms with E-state index in [0.717, 1.165) is 17.5 Å². The number of fused-ring (bicyclic) bond motifs is 1. The Bertz CT molecular complexity index is 965. The van der Waals surface area contributed by atoms with E-state index in [0.29, 0.717) is 27.0 Å². The zero-order chi connectivity index (χ0) is 17.3. The SMILES string of the molecule is CC(C)Cc1nnc(NC(=O)c2cc(=O)c3cc(Cl)ccc3o2)s1. The van der Waals surface area contributed by atoms with Gasteiger partial charge in [0, 0.05) is 17.5 Å². The van der Waals surface area contributed by atoms with Gasteiger partial charge in [0.15, 0.2) is 11.2 Å². The van der Waals surface area contributed by atoms with Crippen molar-refractivity contribution in [2.24, 2.45) is 5.92 Å². The van der Waals surface area contributed by atoms with Crippen LogP contribution in [0, 0.1) is 5.92 Å². The predicted octanol–water partition coefficient (Wildman–Crippen LogP) is 3.75. The molecule has 0 unspecified atom stereocenters. The number of carbonyl (C=O) groups excluding carboxylic acids is 1. The maximum atomic E-state index is 12.3. The number of amides is 1. The molecule has 24 heavy (non-hydrogen) atoms. The van der Waals surface area contributed by atoms with Crippen molar-refractivity contribution in [2.75, 3.05) is 5.32 Å². The van der Waals surface area contributed by atoms with Crippen LogP contribution in [0.4, 0.5) is 5.13 Å². The first-order chi connectivity index (χ1) is 11.4. The molecule has 0 aliphatic heterocycles. The first-order valence-electron chi connectivity index (χ1n) is 7.29. The lowest BCUT2D eigenvalue weighted by Gasteiger charge is -2.03. The van der Waals surface area contributed by atoms with E-state index in [4.69, 9.17) is 16.0 Å². The summed E-state index contributed by atoms with van der Waals surface area (Å²) < 4.78 is 5.49. The summed E-state index contributed by atoms with van der Waals surface area (Å²) >= 11 is 7.17. The Labute approximate surface area is 146 Å². The van der Waals surface area contributed by atoms with Crippen LogP contribution in [0.3, 0.4) is 0 Å². The van der Waals surface area contributed by atoms with Gasteiger partial charge >= 0.3 is 0 Å². The highest BCUT2D eigenvalue weighted by molar-refractivity contribution is 7.15. The fourth-order valence-corrected chi connectivity index (χ4v) is 3.25. The summed E-state index contributed by atoms with van der Waals surface area (Å²) in [5.74, 6) is -0.182. The number of nitrogens with zero attached hydrogens (tertiary/aromatic N) is 2. The molecule has 0 atom stereocenters. The second kappa shape index (κ2) is 6.70. The lowest BCUT2D eigenvalue weighted by atomic mass is 10.1. The molecule has 0 aliphatic carbocycles. The summed E-state index contributed by atoms with van der Waals surface area (Å²) in [6.45, 7) is 4.16. The second-order valence-corrected chi connectivity index (χ2v) is 7.17. The molecule has 1 aromatic carbocycles. The average Bonchev–Trinajstić information content (AvgIpc) is 2.94. The van der Waals surface area contributed by atoms with E-state index in [2.05, 4.69) is 29.4 Å². The smallest absolute Gasteiger partial charge is 0.293 e. The average molecular weight is 364 g/mol. The quantitative estimate of drug-likeness (QED) is 0.763. The topological polar surface area (TPSA) is 85.1 Å². The Morgan fingerprint density at radius 2 is 2.12 bits per heavy atom. The summed E-state index contributed by atoms with van der Waals surface area (Å²) in [6, 6.07) is 5.80. The minimum Gasteiger partial charge on any atom is -0.451 e. The molecule has 0 aliphatic rings. The first-order valence-corrected chi connectivity index (χ1v) is 8.49. The highest BCUT2D eigenvalue weighted by Crippen LogP contribution is 2.21. The number of carbonyl (C=O) groups is 1. The van der Waals surface area contributed by atoms with Crippen molar-refractivity contribution in [3.8, 4) is 0 Å². The van der Waals surface area contributed by atoms with Gasteiger partial charge in [-0.15, -0.1) is 10.2 Å². The molecule has 6 nitrogen and oxygen atoms in total. The van der Waals surface area contributed by atoms with Crippen LogP contribution in [0.5, 0.6) is 0 Å². The van der Waals surface area contributed by atoms with Crippen LogP contribution in [0.1, 0.15) is 29.4 Å². The maximum absolute atomic E-state index is 12.3. The summed E-state index contributed by atoms with van der Waals surface area (Å²) in [6.07, 6.45) is 0.791. The number of halogens is 1. The van der Waals surface area contributed by atoms with Gasteiger partial charge in [0.2, 0.25) is 5.13 Å². The monoisotopic (exact) mass is 363 g/mol. The first kappa shape index (κ1) is 16.6. The number of rotatable bonds is 4. The van der Waals surface area contributed by atoms with Gasteiger partial charge in [-0.2, -0.15) is 0 Å². The third-order valence-corrected chi connectivity index (χ3v) is 4.28. The van der Waals surface area contributed by atoms with Crippen LogP contribution in [0.25, 0.3) is 11.0 Å². The van der Waals surface area contributed by atoms with Crippen molar-refractivity contribution in [3.05, 3.63) is 50.3 Å². The van der Waals surface area contributed by atoms with Crippen molar-refractivity contribution in [3.63, 3.8) is 0 Å². The molecule has 124 valence electrons. The Morgan fingerprint density at radius 1 is 1.33 bits per heavy atom. The molecular formula is C16H14ClN3O3S. The zero-order valence-corrected chi connectivity index (χ0v) is 14.6.